The predicted octanol–water partition coefficient (Wildman–Crippen LogP) is 4.26. The summed E-state index contributed by atoms with van der Waals surface area (Å²) in [6, 6.07) is 11.3. The first-order chi connectivity index (χ1) is 12.1. The van der Waals surface area contributed by atoms with Gasteiger partial charge in [-0.2, -0.15) is 0 Å². The number of ether oxygens (including phenoxy) is 2. The molecule has 0 aliphatic carbocycles. The molecule has 0 heterocycles. The summed E-state index contributed by atoms with van der Waals surface area (Å²) in [6.45, 7) is 6.73. The van der Waals surface area contributed by atoms with Gasteiger partial charge in [0.15, 0.2) is 11.4 Å². The largest absolute Gasteiger partial charge is 0.474 e. The van der Waals surface area contributed by atoms with Crippen molar-refractivity contribution < 1.29 is 19.1 Å². The summed E-state index contributed by atoms with van der Waals surface area (Å²) in [5, 5.41) is 0.556. The van der Waals surface area contributed by atoms with Crippen LogP contribution < -0.4 is 10.5 Å². The molecular formula is C20H22ClNO4. The number of carbonyl (C=O) groups is 2. The molecule has 0 fully saturated rings. The van der Waals surface area contributed by atoms with E-state index in [9.17, 15) is 9.59 Å². The fourth-order valence-electron chi connectivity index (χ4n) is 2.22. The number of hydrogen-bond acceptors (Lipinski definition) is 5. The van der Waals surface area contributed by atoms with E-state index in [1.807, 2.05) is 0 Å². The van der Waals surface area contributed by atoms with Crippen LogP contribution in [0.3, 0.4) is 0 Å². The minimum atomic E-state index is -1.21. The van der Waals surface area contributed by atoms with Gasteiger partial charge in [-0.25, -0.2) is 4.79 Å². The van der Waals surface area contributed by atoms with E-state index in [1.165, 1.54) is 6.07 Å². The molecule has 2 aromatic carbocycles. The third-order valence-electron chi connectivity index (χ3n) is 3.58. The van der Waals surface area contributed by atoms with E-state index in [2.05, 4.69) is 0 Å². The summed E-state index contributed by atoms with van der Waals surface area (Å²) in [4.78, 5) is 24.6. The van der Waals surface area contributed by atoms with Crippen molar-refractivity contribution in [2.75, 3.05) is 5.73 Å². The van der Waals surface area contributed by atoms with Crippen molar-refractivity contribution in [2.24, 2.45) is 0 Å². The Kier molecular flexibility index (Phi) is 5.93. The first-order valence-corrected chi connectivity index (χ1v) is 8.58. The van der Waals surface area contributed by atoms with Crippen LogP contribution >= 0.6 is 11.6 Å². The molecule has 0 saturated carbocycles. The Morgan fingerprint density at radius 1 is 1.04 bits per heavy atom. The van der Waals surface area contributed by atoms with E-state index >= 15 is 0 Å². The van der Waals surface area contributed by atoms with Gasteiger partial charge in [0.2, 0.25) is 0 Å². The van der Waals surface area contributed by atoms with Gasteiger partial charge in [0, 0.05) is 16.1 Å². The van der Waals surface area contributed by atoms with Crippen LogP contribution in [0.5, 0.6) is 5.75 Å². The molecule has 0 unspecified atom stereocenters. The maximum absolute atomic E-state index is 12.5. The number of anilines is 1. The predicted molar refractivity (Wildman–Crippen MR) is 102 cm³/mol. The SMILES string of the molecule is CC(C)OC(=O)C(C)(C)Oc1ccc(C(=O)c2ccc(Cl)cc2)cc1N. The Morgan fingerprint density at radius 2 is 1.62 bits per heavy atom. The maximum atomic E-state index is 12.5. The zero-order valence-corrected chi connectivity index (χ0v) is 16.0. The summed E-state index contributed by atoms with van der Waals surface area (Å²) in [5.74, 6) is -0.366. The molecule has 138 valence electrons. The van der Waals surface area contributed by atoms with Gasteiger partial charge in [-0.05, 0) is 70.2 Å². The van der Waals surface area contributed by atoms with Crippen LogP contribution in [0.1, 0.15) is 43.6 Å². The molecule has 0 radical (unpaired) electrons. The lowest BCUT2D eigenvalue weighted by Gasteiger charge is -2.26. The van der Waals surface area contributed by atoms with Crippen LogP contribution in [0.25, 0.3) is 0 Å². The van der Waals surface area contributed by atoms with Crippen molar-refractivity contribution in [3.63, 3.8) is 0 Å². The van der Waals surface area contributed by atoms with E-state index < -0.39 is 11.6 Å². The molecule has 26 heavy (non-hydrogen) atoms. The summed E-state index contributed by atoms with van der Waals surface area (Å²) in [6.07, 6.45) is -0.248. The Bertz CT molecular complexity index is 813. The lowest BCUT2D eigenvalue weighted by Crippen LogP contribution is -2.41. The van der Waals surface area contributed by atoms with Gasteiger partial charge in [-0.3, -0.25) is 4.79 Å². The summed E-state index contributed by atoms with van der Waals surface area (Å²) in [5.41, 5.74) is 5.99. The van der Waals surface area contributed by atoms with Crippen molar-refractivity contribution >= 4 is 29.0 Å². The molecule has 0 amide bonds. The highest BCUT2D eigenvalue weighted by Crippen LogP contribution is 2.28. The van der Waals surface area contributed by atoms with Crippen molar-refractivity contribution in [2.45, 2.75) is 39.4 Å². The van der Waals surface area contributed by atoms with Crippen LogP contribution in [0, 0.1) is 0 Å². The molecule has 2 rings (SSSR count). The molecule has 0 aliphatic rings. The Morgan fingerprint density at radius 3 is 2.15 bits per heavy atom. The van der Waals surface area contributed by atoms with E-state index in [0.29, 0.717) is 21.9 Å². The fourth-order valence-corrected chi connectivity index (χ4v) is 2.35. The zero-order chi connectivity index (χ0) is 19.5. The monoisotopic (exact) mass is 375 g/mol. The maximum Gasteiger partial charge on any atom is 0.350 e. The molecule has 0 spiro atoms. The highest BCUT2D eigenvalue weighted by atomic mass is 35.5. The molecule has 6 heteroatoms. The second kappa shape index (κ2) is 7.79. The number of ketones is 1. The number of nitrogen functional groups attached to an aromatic ring is 1. The highest BCUT2D eigenvalue weighted by Gasteiger charge is 2.33. The zero-order valence-electron chi connectivity index (χ0n) is 15.2. The Hall–Kier alpha value is -2.53. The molecule has 0 aliphatic heterocycles. The van der Waals surface area contributed by atoms with Gasteiger partial charge in [0.25, 0.3) is 0 Å². The van der Waals surface area contributed by atoms with Gasteiger partial charge in [-0.1, -0.05) is 11.6 Å². The van der Waals surface area contributed by atoms with Crippen LogP contribution in [0.4, 0.5) is 5.69 Å². The van der Waals surface area contributed by atoms with E-state index in [0.717, 1.165) is 0 Å². The van der Waals surface area contributed by atoms with Crippen molar-refractivity contribution in [1.82, 2.24) is 0 Å². The van der Waals surface area contributed by atoms with Gasteiger partial charge in [-0.15, -0.1) is 0 Å². The smallest absolute Gasteiger partial charge is 0.350 e. The average Bonchev–Trinajstić information content (AvgIpc) is 2.56. The van der Waals surface area contributed by atoms with Gasteiger partial charge < -0.3 is 15.2 Å². The number of halogens is 1. The third-order valence-corrected chi connectivity index (χ3v) is 3.83. The molecule has 0 bridgehead atoms. The minimum absolute atomic E-state index is 0.182. The lowest BCUT2D eigenvalue weighted by molar-refractivity contribution is -0.163. The van der Waals surface area contributed by atoms with E-state index in [-0.39, 0.29) is 17.6 Å². The quantitative estimate of drug-likeness (QED) is 0.463. The third kappa shape index (κ3) is 4.76. The number of rotatable bonds is 6. The first kappa shape index (κ1) is 19.8. The first-order valence-electron chi connectivity index (χ1n) is 8.20. The number of carbonyl (C=O) groups excluding carboxylic acids is 2. The Labute approximate surface area is 158 Å². The number of benzene rings is 2. The van der Waals surface area contributed by atoms with E-state index in [1.54, 1.807) is 64.1 Å². The minimum Gasteiger partial charge on any atom is -0.474 e. The molecule has 2 aromatic rings. The fraction of sp³-hybridized carbons (Fsp3) is 0.300. The summed E-state index contributed by atoms with van der Waals surface area (Å²) in [7, 11) is 0. The van der Waals surface area contributed by atoms with Crippen LogP contribution in [0.15, 0.2) is 42.5 Å². The second-order valence-electron chi connectivity index (χ2n) is 6.66. The number of nitrogens with two attached hydrogens (primary N) is 1. The molecule has 5 nitrogen and oxygen atoms in total. The van der Waals surface area contributed by atoms with E-state index in [4.69, 9.17) is 26.8 Å². The van der Waals surface area contributed by atoms with Crippen LogP contribution in [0.2, 0.25) is 5.02 Å². The average molecular weight is 376 g/mol. The summed E-state index contributed by atoms with van der Waals surface area (Å²) >= 11 is 5.84. The number of hydrogen-bond donors (Lipinski definition) is 1. The standard InChI is InChI=1S/C20H22ClNO4/c1-12(2)25-19(24)20(3,4)26-17-10-7-14(11-16(17)22)18(23)13-5-8-15(21)9-6-13/h5-12H,22H2,1-4H3. The molecule has 0 saturated heterocycles. The molecule has 0 aromatic heterocycles. The van der Waals surface area contributed by atoms with Crippen LogP contribution in [-0.2, 0) is 9.53 Å². The van der Waals surface area contributed by atoms with Gasteiger partial charge in [0.05, 0.1) is 11.8 Å². The van der Waals surface area contributed by atoms with Gasteiger partial charge in [0.1, 0.15) is 5.75 Å². The number of esters is 1. The lowest BCUT2D eigenvalue weighted by atomic mass is 10.0. The Balaban J connectivity index is 2.20. The second-order valence-corrected chi connectivity index (χ2v) is 7.09. The molecule has 0 atom stereocenters. The normalized spacial score (nSPS) is 11.3. The van der Waals surface area contributed by atoms with Crippen molar-refractivity contribution in [3.05, 3.63) is 58.6 Å². The van der Waals surface area contributed by atoms with Crippen LogP contribution in [-0.4, -0.2) is 23.5 Å². The summed E-state index contributed by atoms with van der Waals surface area (Å²) < 4.78 is 10.9. The van der Waals surface area contributed by atoms with Crippen molar-refractivity contribution in [1.29, 1.82) is 0 Å². The topological polar surface area (TPSA) is 78.6 Å². The molecule has 2 N–H and O–H groups in total. The molecular weight excluding hydrogens is 354 g/mol. The van der Waals surface area contributed by atoms with Crippen molar-refractivity contribution in [3.8, 4) is 5.75 Å². The van der Waals surface area contributed by atoms with Gasteiger partial charge >= 0.3 is 5.97 Å². The highest BCUT2D eigenvalue weighted by molar-refractivity contribution is 6.30.